The number of nitro benzene ring substituents is 1. The largest absolute Gasteiger partial charge is 0.366 e. The van der Waals surface area contributed by atoms with Crippen molar-refractivity contribution in [2.75, 3.05) is 31.1 Å². The van der Waals surface area contributed by atoms with Crippen molar-refractivity contribution < 1.29 is 9.72 Å². The van der Waals surface area contributed by atoms with Crippen molar-refractivity contribution in [1.29, 1.82) is 0 Å². The van der Waals surface area contributed by atoms with E-state index >= 15 is 0 Å². The van der Waals surface area contributed by atoms with Crippen LogP contribution >= 0.6 is 0 Å². The number of benzene rings is 1. The number of carbonyl (C=O) groups excluding carboxylic acids is 1. The van der Waals surface area contributed by atoms with Crippen LogP contribution < -0.4 is 10.6 Å². The second-order valence-corrected chi connectivity index (χ2v) is 8.15. The quantitative estimate of drug-likeness (QED) is 0.646. The van der Waals surface area contributed by atoms with Gasteiger partial charge in [-0.1, -0.05) is 13.8 Å². The van der Waals surface area contributed by atoms with Gasteiger partial charge in [0, 0.05) is 43.9 Å². The van der Waals surface area contributed by atoms with Crippen LogP contribution in [-0.2, 0) is 0 Å². The molecule has 0 bridgehead atoms. The first-order valence-electron chi connectivity index (χ1n) is 9.95. The molecule has 1 aromatic carbocycles. The summed E-state index contributed by atoms with van der Waals surface area (Å²) in [7, 11) is 0. The standard InChI is InChI=1S/C20H30N4O3/c1-14-5-8-22(9-6-14)18-4-3-16(12-19(18)24(26)27)20(25)23-10-7-15(2)11-17(23)13-21/h3-4,12,14-15,17H,5-11,13,21H2,1-2H3. The van der Waals surface area contributed by atoms with Crippen LogP contribution in [0.4, 0.5) is 11.4 Å². The molecule has 7 nitrogen and oxygen atoms in total. The Balaban J connectivity index is 1.85. The molecule has 2 aliphatic rings. The first-order chi connectivity index (χ1) is 12.9. The Morgan fingerprint density at radius 3 is 2.48 bits per heavy atom. The minimum atomic E-state index is -0.372. The minimum Gasteiger partial charge on any atom is -0.366 e. The fourth-order valence-electron chi connectivity index (χ4n) is 4.23. The topological polar surface area (TPSA) is 92.7 Å². The number of nitrogens with two attached hydrogens (primary N) is 1. The molecule has 2 saturated heterocycles. The average molecular weight is 374 g/mol. The molecule has 1 amide bonds. The van der Waals surface area contributed by atoms with E-state index in [-0.39, 0.29) is 22.6 Å². The molecule has 1 aromatic rings. The van der Waals surface area contributed by atoms with E-state index in [1.165, 1.54) is 6.07 Å². The lowest BCUT2D eigenvalue weighted by molar-refractivity contribution is -0.384. The van der Waals surface area contributed by atoms with Crippen molar-refractivity contribution in [3.05, 3.63) is 33.9 Å². The van der Waals surface area contributed by atoms with Gasteiger partial charge in [-0.05, 0) is 49.7 Å². The van der Waals surface area contributed by atoms with E-state index in [2.05, 4.69) is 18.7 Å². The highest BCUT2D eigenvalue weighted by Gasteiger charge is 2.31. The molecule has 0 aromatic heterocycles. The molecular formula is C20H30N4O3. The van der Waals surface area contributed by atoms with E-state index in [9.17, 15) is 14.9 Å². The van der Waals surface area contributed by atoms with Crippen LogP contribution in [0.25, 0.3) is 0 Å². The van der Waals surface area contributed by atoms with Crippen LogP contribution in [0.15, 0.2) is 18.2 Å². The van der Waals surface area contributed by atoms with Crippen molar-refractivity contribution in [1.82, 2.24) is 4.90 Å². The summed E-state index contributed by atoms with van der Waals surface area (Å²) in [6, 6.07) is 4.92. The van der Waals surface area contributed by atoms with Gasteiger partial charge in [0.05, 0.1) is 4.92 Å². The molecule has 2 heterocycles. The monoisotopic (exact) mass is 374 g/mol. The molecule has 0 aliphatic carbocycles. The van der Waals surface area contributed by atoms with Crippen molar-refractivity contribution >= 4 is 17.3 Å². The lowest BCUT2D eigenvalue weighted by Crippen LogP contribution is -2.49. The summed E-state index contributed by atoms with van der Waals surface area (Å²) < 4.78 is 0. The van der Waals surface area contributed by atoms with Gasteiger partial charge >= 0.3 is 0 Å². The van der Waals surface area contributed by atoms with Gasteiger partial charge in [0.1, 0.15) is 5.69 Å². The van der Waals surface area contributed by atoms with Gasteiger partial charge in [-0.3, -0.25) is 14.9 Å². The number of nitro groups is 1. The average Bonchev–Trinajstić information content (AvgIpc) is 2.67. The number of hydrogen-bond acceptors (Lipinski definition) is 5. The summed E-state index contributed by atoms with van der Waals surface area (Å²) >= 11 is 0. The summed E-state index contributed by atoms with van der Waals surface area (Å²) in [5, 5.41) is 11.7. The second kappa shape index (κ2) is 8.25. The Kier molecular flexibility index (Phi) is 5.99. The van der Waals surface area contributed by atoms with Gasteiger partial charge in [-0.2, -0.15) is 0 Å². The molecule has 2 N–H and O–H groups in total. The lowest BCUT2D eigenvalue weighted by atomic mass is 9.91. The maximum atomic E-state index is 13.0. The lowest BCUT2D eigenvalue weighted by Gasteiger charge is -2.38. The van der Waals surface area contributed by atoms with E-state index < -0.39 is 0 Å². The zero-order chi connectivity index (χ0) is 19.6. The van der Waals surface area contributed by atoms with Gasteiger partial charge in [0.2, 0.25) is 0 Å². The van der Waals surface area contributed by atoms with Gasteiger partial charge in [-0.25, -0.2) is 0 Å². The van der Waals surface area contributed by atoms with Crippen molar-refractivity contribution in [2.24, 2.45) is 17.6 Å². The molecule has 2 unspecified atom stereocenters. The normalized spacial score (nSPS) is 24.1. The number of nitrogens with zero attached hydrogens (tertiary/aromatic N) is 3. The Labute approximate surface area is 160 Å². The Morgan fingerprint density at radius 2 is 1.85 bits per heavy atom. The van der Waals surface area contributed by atoms with E-state index in [1.807, 2.05) is 0 Å². The predicted octanol–water partition coefficient (Wildman–Crippen LogP) is 3.03. The van der Waals surface area contributed by atoms with E-state index in [4.69, 9.17) is 5.73 Å². The van der Waals surface area contributed by atoms with E-state index in [1.54, 1.807) is 17.0 Å². The Morgan fingerprint density at radius 1 is 1.19 bits per heavy atom. The summed E-state index contributed by atoms with van der Waals surface area (Å²) in [5.41, 5.74) is 6.89. The van der Waals surface area contributed by atoms with Crippen LogP contribution in [0.5, 0.6) is 0 Å². The van der Waals surface area contributed by atoms with Crippen molar-refractivity contribution in [2.45, 2.75) is 45.6 Å². The fourth-order valence-corrected chi connectivity index (χ4v) is 4.23. The smallest absolute Gasteiger partial charge is 0.293 e. The molecular weight excluding hydrogens is 344 g/mol. The fraction of sp³-hybridized carbons (Fsp3) is 0.650. The SMILES string of the molecule is CC1CCN(c2ccc(C(=O)N3CCC(C)CC3CN)cc2[N+](=O)[O-])CC1. The summed E-state index contributed by atoms with van der Waals surface area (Å²) in [6.07, 6.45) is 3.88. The number of carbonyl (C=O) groups is 1. The highest BCUT2D eigenvalue weighted by Crippen LogP contribution is 2.33. The predicted molar refractivity (Wildman–Crippen MR) is 106 cm³/mol. The van der Waals surface area contributed by atoms with Gasteiger partial charge < -0.3 is 15.5 Å². The minimum absolute atomic E-state index is 0.00330. The molecule has 3 rings (SSSR count). The number of piperidine rings is 2. The number of likely N-dealkylation sites (tertiary alicyclic amines) is 1. The van der Waals surface area contributed by atoms with E-state index in [0.717, 1.165) is 38.8 Å². The molecule has 148 valence electrons. The molecule has 0 spiro atoms. The molecule has 2 fully saturated rings. The molecule has 0 radical (unpaired) electrons. The van der Waals surface area contributed by atoms with E-state index in [0.29, 0.717) is 36.2 Å². The van der Waals surface area contributed by atoms with Crippen molar-refractivity contribution in [3.8, 4) is 0 Å². The van der Waals surface area contributed by atoms with Crippen LogP contribution in [0.2, 0.25) is 0 Å². The Bertz CT molecular complexity index is 700. The molecule has 7 heteroatoms. The highest BCUT2D eigenvalue weighted by atomic mass is 16.6. The number of anilines is 1. The Hall–Kier alpha value is -2.15. The molecule has 2 aliphatic heterocycles. The summed E-state index contributed by atoms with van der Waals surface area (Å²) in [5.74, 6) is 1.04. The van der Waals surface area contributed by atoms with Gasteiger partial charge in [0.25, 0.3) is 11.6 Å². The van der Waals surface area contributed by atoms with Gasteiger partial charge in [0.15, 0.2) is 0 Å². The third-order valence-corrected chi connectivity index (χ3v) is 6.05. The number of rotatable bonds is 4. The zero-order valence-electron chi connectivity index (χ0n) is 16.3. The van der Waals surface area contributed by atoms with Crippen LogP contribution in [0, 0.1) is 22.0 Å². The van der Waals surface area contributed by atoms with Crippen LogP contribution in [0.1, 0.15) is 49.9 Å². The highest BCUT2D eigenvalue weighted by molar-refractivity contribution is 5.96. The second-order valence-electron chi connectivity index (χ2n) is 8.15. The van der Waals surface area contributed by atoms with Crippen molar-refractivity contribution in [3.63, 3.8) is 0 Å². The first kappa shape index (κ1) is 19.6. The maximum Gasteiger partial charge on any atom is 0.293 e. The van der Waals surface area contributed by atoms with Crippen LogP contribution in [-0.4, -0.2) is 48.0 Å². The zero-order valence-corrected chi connectivity index (χ0v) is 16.3. The number of hydrogen-bond donors (Lipinski definition) is 1. The van der Waals surface area contributed by atoms with Gasteiger partial charge in [-0.15, -0.1) is 0 Å². The first-order valence-corrected chi connectivity index (χ1v) is 9.95. The third kappa shape index (κ3) is 4.24. The molecule has 0 saturated carbocycles. The summed E-state index contributed by atoms with van der Waals surface area (Å²) in [6.45, 7) is 7.08. The summed E-state index contributed by atoms with van der Waals surface area (Å²) in [4.78, 5) is 28.2. The third-order valence-electron chi connectivity index (χ3n) is 6.05. The van der Waals surface area contributed by atoms with Crippen LogP contribution in [0.3, 0.4) is 0 Å². The number of amides is 1. The maximum absolute atomic E-state index is 13.0. The molecule has 2 atom stereocenters. The molecule has 27 heavy (non-hydrogen) atoms.